The fraction of sp³-hybridized carbons (Fsp3) is 0.381. The first kappa shape index (κ1) is 17.8. The third kappa shape index (κ3) is 3.46. The van der Waals surface area contributed by atoms with Crippen molar-refractivity contribution in [3.8, 4) is 17.2 Å². The molecule has 5 rings (SSSR count). The molecule has 2 aromatic heterocycles. The standard InChI is InChI=1S/C21H22N4O4/c1-13-20(17-3-2-10-22-25(17)24-13)21(26)23-14-4-6-15(7-5-14)29-16-8-9-18-19(11-16)28-12-27-18/h2-3,8-11,14-15H,4-7,12H2,1H3,(H,23,26). The van der Waals surface area contributed by atoms with Crippen LogP contribution in [0.25, 0.3) is 5.52 Å². The molecule has 0 atom stereocenters. The van der Waals surface area contributed by atoms with E-state index in [1.807, 2.05) is 37.3 Å². The summed E-state index contributed by atoms with van der Waals surface area (Å²) in [6.07, 6.45) is 5.30. The minimum Gasteiger partial charge on any atom is -0.490 e. The Morgan fingerprint density at radius 3 is 2.86 bits per heavy atom. The summed E-state index contributed by atoms with van der Waals surface area (Å²) in [6.45, 7) is 2.09. The molecule has 3 aromatic rings. The minimum absolute atomic E-state index is 0.0920. The molecular weight excluding hydrogens is 372 g/mol. The average molecular weight is 394 g/mol. The number of hydrogen-bond acceptors (Lipinski definition) is 6. The van der Waals surface area contributed by atoms with Crippen molar-refractivity contribution in [2.45, 2.75) is 44.8 Å². The quantitative estimate of drug-likeness (QED) is 0.732. The van der Waals surface area contributed by atoms with E-state index in [0.717, 1.165) is 48.4 Å². The molecule has 150 valence electrons. The lowest BCUT2D eigenvalue weighted by Gasteiger charge is -2.29. The first-order chi connectivity index (χ1) is 14.2. The molecule has 29 heavy (non-hydrogen) atoms. The highest BCUT2D eigenvalue weighted by atomic mass is 16.7. The lowest BCUT2D eigenvalue weighted by molar-refractivity contribution is 0.0894. The van der Waals surface area contributed by atoms with Crippen LogP contribution < -0.4 is 19.5 Å². The number of benzene rings is 1. The Balaban J connectivity index is 1.19. The van der Waals surface area contributed by atoms with Gasteiger partial charge in [0, 0.05) is 18.3 Å². The highest BCUT2D eigenvalue weighted by molar-refractivity contribution is 6.02. The third-order valence-corrected chi connectivity index (χ3v) is 5.48. The second-order valence-corrected chi connectivity index (χ2v) is 7.44. The first-order valence-electron chi connectivity index (χ1n) is 9.85. The Kier molecular flexibility index (Phi) is 4.46. The van der Waals surface area contributed by atoms with Crippen LogP contribution in [0.5, 0.6) is 17.2 Å². The van der Waals surface area contributed by atoms with Gasteiger partial charge < -0.3 is 19.5 Å². The summed E-state index contributed by atoms with van der Waals surface area (Å²) >= 11 is 0. The van der Waals surface area contributed by atoms with E-state index in [-0.39, 0.29) is 24.8 Å². The van der Waals surface area contributed by atoms with Crippen molar-refractivity contribution in [3.63, 3.8) is 0 Å². The molecule has 2 aliphatic rings. The molecule has 0 saturated heterocycles. The predicted molar refractivity (Wildman–Crippen MR) is 104 cm³/mol. The smallest absolute Gasteiger partial charge is 0.255 e. The van der Waals surface area contributed by atoms with Gasteiger partial charge >= 0.3 is 0 Å². The lowest BCUT2D eigenvalue weighted by atomic mass is 9.92. The van der Waals surface area contributed by atoms with Crippen molar-refractivity contribution >= 4 is 11.4 Å². The number of ether oxygens (including phenoxy) is 3. The Labute approximate surface area is 167 Å². The fourth-order valence-electron chi connectivity index (χ4n) is 4.01. The number of nitrogens with one attached hydrogen (secondary N) is 1. The molecule has 1 amide bonds. The van der Waals surface area contributed by atoms with E-state index >= 15 is 0 Å². The maximum Gasteiger partial charge on any atom is 0.255 e. The zero-order valence-electron chi connectivity index (χ0n) is 16.1. The molecule has 3 heterocycles. The maximum atomic E-state index is 12.8. The topological polar surface area (TPSA) is 87.0 Å². The summed E-state index contributed by atoms with van der Waals surface area (Å²) in [7, 11) is 0. The molecule has 1 fully saturated rings. The van der Waals surface area contributed by atoms with Crippen LogP contribution in [0.2, 0.25) is 0 Å². The van der Waals surface area contributed by atoms with Crippen molar-refractivity contribution in [1.82, 2.24) is 20.1 Å². The monoisotopic (exact) mass is 394 g/mol. The van der Waals surface area contributed by atoms with E-state index in [4.69, 9.17) is 14.2 Å². The van der Waals surface area contributed by atoms with Gasteiger partial charge in [-0.2, -0.15) is 14.8 Å². The summed E-state index contributed by atoms with van der Waals surface area (Å²) in [5.41, 5.74) is 2.00. The Morgan fingerprint density at radius 1 is 1.17 bits per heavy atom. The van der Waals surface area contributed by atoms with E-state index in [2.05, 4.69) is 15.5 Å². The summed E-state index contributed by atoms with van der Waals surface area (Å²) in [4.78, 5) is 12.8. The zero-order valence-corrected chi connectivity index (χ0v) is 16.1. The van der Waals surface area contributed by atoms with Gasteiger partial charge in [-0.25, -0.2) is 0 Å². The number of carbonyl (C=O) groups excluding carboxylic acids is 1. The SMILES string of the molecule is Cc1nn2ncccc2c1C(=O)NC1CCC(Oc2ccc3c(c2)OCO3)CC1. The summed E-state index contributed by atoms with van der Waals surface area (Å²) in [5.74, 6) is 2.17. The molecule has 0 bridgehead atoms. The van der Waals surface area contributed by atoms with E-state index in [1.54, 1.807) is 6.20 Å². The molecular formula is C21H22N4O4. The van der Waals surface area contributed by atoms with Crippen LogP contribution in [0, 0.1) is 6.92 Å². The number of nitrogens with zero attached hydrogens (tertiary/aromatic N) is 3. The van der Waals surface area contributed by atoms with Crippen LogP contribution in [0.3, 0.4) is 0 Å². The van der Waals surface area contributed by atoms with Gasteiger partial charge in [0.2, 0.25) is 6.79 Å². The summed E-state index contributed by atoms with van der Waals surface area (Å²) < 4.78 is 18.3. The number of fused-ring (bicyclic) bond motifs is 2. The van der Waals surface area contributed by atoms with Gasteiger partial charge in [0.1, 0.15) is 11.3 Å². The van der Waals surface area contributed by atoms with Gasteiger partial charge in [0.15, 0.2) is 11.5 Å². The van der Waals surface area contributed by atoms with Crippen LogP contribution in [0.4, 0.5) is 0 Å². The molecule has 1 aliphatic carbocycles. The summed E-state index contributed by atoms with van der Waals surface area (Å²) in [6, 6.07) is 9.45. The zero-order chi connectivity index (χ0) is 19.8. The fourth-order valence-corrected chi connectivity index (χ4v) is 4.01. The van der Waals surface area contributed by atoms with Crippen molar-refractivity contribution in [3.05, 3.63) is 47.8 Å². The molecule has 8 nitrogen and oxygen atoms in total. The molecule has 1 aromatic carbocycles. The summed E-state index contributed by atoms with van der Waals surface area (Å²) in [5, 5.41) is 11.6. The molecule has 1 aliphatic heterocycles. The van der Waals surface area contributed by atoms with Crippen molar-refractivity contribution in [2.75, 3.05) is 6.79 Å². The maximum absolute atomic E-state index is 12.8. The minimum atomic E-state index is -0.0920. The van der Waals surface area contributed by atoms with E-state index in [1.165, 1.54) is 4.63 Å². The second-order valence-electron chi connectivity index (χ2n) is 7.44. The van der Waals surface area contributed by atoms with Crippen LogP contribution in [-0.2, 0) is 0 Å². The van der Waals surface area contributed by atoms with Gasteiger partial charge in [-0.05, 0) is 56.9 Å². The Bertz CT molecular complexity index is 1060. The number of aromatic nitrogens is 3. The van der Waals surface area contributed by atoms with Gasteiger partial charge in [0.05, 0.1) is 17.4 Å². The van der Waals surface area contributed by atoms with Gasteiger partial charge in [0.25, 0.3) is 5.91 Å². The van der Waals surface area contributed by atoms with Crippen molar-refractivity contribution in [2.24, 2.45) is 0 Å². The normalized spacial score (nSPS) is 20.6. The van der Waals surface area contributed by atoms with Gasteiger partial charge in [-0.1, -0.05) is 0 Å². The van der Waals surface area contributed by atoms with E-state index < -0.39 is 0 Å². The van der Waals surface area contributed by atoms with Crippen molar-refractivity contribution in [1.29, 1.82) is 0 Å². The number of aryl methyl sites for hydroxylation is 1. The van der Waals surface area contributed by atoms with Crippen LogP contribution in [-0.4, -0.2) is 39.7 Å². The van der Waals surface area contributed by atoms with Gasteiger partial charge in [-0.3, -0.25) is 4.79 Å². The number of amides is 1. The van der Waals surface area contributed by atoms with Crippen LogP contribution in [0.1, 0.15) is 41.7 Å². The largest absolute Gasteiger partial charge is 0.490 e. The molecule has 8 heteroatoms. The molecule has 0 unspecified atom stereocenters. The highest BCUT2D eigenvalue weighted by Gasteiger charge is 2.26. The van der Waals surface area contributed by atoms with Crippen molar-refractivity contribution < 1.29 is 19.0 Å². The van der Waals surface area contributed by atoms with Crippen LogP contribution in [0.15, 0.2) is 36.5 Å². The first-order valence-corrected chi connectivity index (χ1v) is 9.85. The number of rotatable bonds is 4. The predicted octanol–water partition coefficient (Wildman–Crippen LogP) is 2.89. The molecule has 0 spiro atoms. The Morgan fingerprint density at radius 2 is 2.00 bits per heavy atom. The van der Waals surface area contributed by atoms with Gasteiger partial charge in [-0.15, -0.1) is 0 Å². The molecule has 1 saturated carbocycles. The second kappa shape index (κ2) is 7.27. The lowest BCUT2D eigenvalue weighted by Crippen LogP contribution is -2.39. The third-order valence-electron chi connectivity index (χ3n) is 5.48. The number of hydrogen-bond donors (Lipinski definition) is 1. The van der Waals surface area contributed by atoms with E-state index in [9.17, 15) is 4.79 Å². The Hall–Kier alpha value is -3.29. The average Bonchev–Trinajstić information content (AvgIpc) is 3.32. The highest BCUT2D eigenvalue weighted by Crippen LogP contribution is 2.36. The number of carbonyl (C=O) groups is 1. The van der Waals surface area contributed by atoms with Crippen LogP contribution >= 0.6 is 0 Å². The molecule has 0 radical (unpaired) electrons. The van der Waals surface area contributed by atoms with E-state index in [0.29, 0.717) is 11.3 Å². The molecule has 1 N–H and O–H groups in total.